The third-order valence-electron chi connectivity index (χ3n) is 3.54. The summed E-state index contributed by atoms with van der Waals surface area (Å²) >= 11 is 5.32. The highest BCUT2D eigenvalue weighted by molar-refractivity contribution is 9.11. The quantitative estimate of drug-likeness (QED) is 0.881. The van der Waals surface area contributed by atoms with Gasteiger partial charge in [-0.15, -0.1) is 11.3 Å². The predicted molar refractivity (Wildman–Crippen MR) is 88.0 cm³/mol. The van der Waals surface area contributed by atoms with E-state index in [4.69, 9.17) is 0 Å². The molecule has 0 saturated heterocycles. The van der Waals surface area contributed by atoms with Crippen LogP contribution in [0.2, 0.25) is 0 Å². The number of benzene rings is 1. The highest BCUT2D eigenvalue weighted by Gasteiger charge is 2.13. The molecule has 1 N–H and O–H groups in total. The topological polar surface area (TPSA) is 23.5 Å². The van der Waals surface area contributed by atoms with Gasteiger partial charge in [-0.05, 0) is 57.8 Å². The second-order valence-electron chi connectivity index (χ2n) is 4.97. The average molecular weight is 350 g/mol. The molecule has 20 heavy (non-hydrogen) atoms. The number of rotatable bonds is 3. The van der Waals surface area contributed by atoms with Crippen LogP contribution in [0.15, 0.2) is 46.3 Å². The van der Waals surface area contributed by atoms with E-state index in [-0.39, 0.29) is 0 Å². The van der Waals surface area contributed by atoms with Crippen LogP contribution in [0.3, 0.4) is 0 Å². The van der Waals surface area contributed by atoms with Crippen molar-refractivity contribution >= 4 is 32.8 Å². The lowest BCUT2D eigenvalue weighted by atomic mass is 9.99. The normalized spacial score (nSPS) is 16.1. The Bertz CT molecular complexity index is 618. The maximum absolute atomic E-state index is 9.33. The van der Waals surface area contributed by atoms with Gasteiger partial charge in [0.2, 0.25) is 0 Å². The number of halogens is 1. The summed E-state index contributed by atoms with van der Waals surface area (Å²) < 4.78 is 1.20. The fraction of sp³-hybridized carbons (Fsp3) is 0.250. The van der Waals surface area contributed by atoms with E-state index in [0.29, 0.717) is 5.75 Å². The SMILES string of the molecule is Oc1ccc(C2=CCN(Cc3ccc(Br)s3)CC2)cc1. The molecule has 4 heteroatoms. The van der Waals surface area contributed by atoms with E-state index in [2.05, 4.69) is 39.0 Å². The van der Waals surface area contributed by atoms with Crippen LogP contribution in [0.5, 0.6) is 5.75 Å². The lowest BCUT2D eigenvalue weighted by molar-refractivity contribution is 0.296. The lowest BCUT2D eigenvalue weighted by Gasteiger charge is -2.26. The third-order valence-corrected chi connectivity index (χ3v) is 5.15. The van der Waals surface area contributed by atoms with Crippen LogP contribution >= 0.6 is 27.3 Å². The highest BCUT2D eigenvalue weighted by atomic mass is 79.9. The van der Waals surface area contributed by atoms with E-state index in [1.165, 1.54) is 19.8 Å². The van der Waals surface area contributed by atoms with E-state index in [1.807, 2.05) is 12.1 Å². The Morgan fingerprint density at radius 1 is 1.15 bits per heavy atom. The smallest absolute Gasteiger partial charge is 0.115 e. The Morgan fingerprint density at radius 3 is 2.55 bits per heavy atom. The van der Waals surface area contributed by atoms with Crippen molar-refractivity contribution in [1.82, 2.24) is 4.90 Å². The Hall–Kier alpha value is -1.10. The molecular formula is C16H16BrNOS. The van der Waals surface area contributed by atoms with Gasteiger partial charge in [-0.25, -0.2) is 0 Å². The summed E-state index contributed by atoms with van der Waals surface area (Å²) in [5, 5.41) is 9.33. The highest BCUT2D eigenvalue weighted by Crippen LogP contribution is 2.27. The van der Waals surface area contributed by atoms with Gasteiger partial charge >= 0.3 is 0 Å². The number of hydrogen-bond donors (Lipinski definition) is 1. The van der Waals surface area contributed by atoms with Crippen LogP contribution in [0.1, 0.15) is 16.9 Å². The van der Waals surface area contributed by atoms with Gasteiger partial charge in [-0.3, -0.25) is 4.90 Å². The van der Waals surface area contributed by atoms with Crippen LogP contribution < -0.4 is 0 Å². The summed E-state index contributed by atoms with van der Waals surface area (Å²) in [4.78, 5) is 3.86. The summed E-state index contributed by atoms with van der Waals surface area (Å²) in [6, 6.07) is 11.8. The van der Waals surface area contributed by atoms with Gasteiger partial charge in [0, 0.05) is 24.5 Å². The summed E-state index contributed by atoms with van der Waals surface area (Å²) in [5.74, 6) is 0.329. The zero-order valence-electron chi connectivity index (χ0n) is 11.1. The molecule has 0 aliphatic carbocycles. The van der Waals surface area contributed by atoms with Crippen LogP contribution in [0.25, 0.3) is 5.57 Å². The summed E-state index contributed by atoms with van der Waals surface area (Å²) in [6.45, 7) is 3.10. The zero-order chi connectivity index (χ0) is 13.9. The number of aromatic hydroxyl groups is 1. The molecule has 2 heterocycles. The average Bonchev–Trinajstić information content (AvgIpc) is 2.86. The van der Waals surface area contributed by atoms with Crippen molar-refractivity contribution in [2.75, 3.05) is 13.1 Å². The van der Waals surface area contributed by atoms with Crippen molar-refractivity contribution in [2.45, 2.75) is 13.0 Å². The summed E-state index contributed by atoms with van der Waals surface area (Å²) in [7, 11) is 0. The molecule has 1 aromatic carbocycles. The van der Waals surface area contributed by atoms with Crippen LogP contribution in [-0.2, 0) is 6.54 Å². The largest absolute Gasteiger partial charge is 0.508 e. The molecule has 0 unspecified atom stereocenters. The van der Waals surface area contributed by atoms with Crippen molar-refractivity contribution in [3.63, 3.8) is 0 Å². The molecule has 1 aromatic heterocycles. The van der Waals surface area contributed by atoms with Crippen LogP contribution in [-0.4, -0.2) is 23.1 Å². The van der Waals surface area contributed by atoms with Gasteiger partial charge < -0.3 is 5.11 Å². The third kappa shape index (κ3) is 3.32. The molecular weight excluding hydrogens is 334 g/mol. The van der Waals surface area contributed by atoms with Gasteiger partial charge in [0.15, 0.2) is 0 Å². The van der Waals surface area contributed by atoms with Crippen molar-refractivity contribution in [2.24, 2.45) is 0 Å². The molecule has 0 atom stereocenters. The van der Waals surface area contributed by atoms with Crippen LogP contribution in [0.4, 0.5) is 0 Å². The number of thiophene rings is 1. The molecule has 0 spiro atoms. The summed E-state index contributed by atoms with van der Waals surface area (Å²) in [6.07, 6.45) is 3.37. The first-order valence-electron chi connectivity index (χ1n) is 6.66. The van der Waals surface area contributed by atoms with E-state index in [0.717, 1.165) is 26.1 Å². The minimum atomic E-state index is 0.329. The predicted octanol–water partition coefficient (Wildman–Crippen LogP) is 4.51. The second kappa shape index (κ2) is 6.12. The van der Waals surface area contributed by atoms with E-state index in [1.54, 1.807) is 23.5 Å². The van der Waals surface area contributed by atoms with Gasteiger partial charge in [0.25, 0.3) is 0 Å². The van der Waals surface area contributed by atoms with Gasteiger partial charge in [0.1, 0.15) is 5.75 Å². The Morgan fingerprint density at radius 2 is 1.95 bits per heavy atom. The van der Waals surface area contributed by atoms with Crippen LogP contribution in [0, 0.1) is 0 Å². The summed E-state index contributed by atoms with van der Waals surface area (Å²) in [5.41, 5.74) is 2.61. The fourth-order valence-electron chi connectivity index (χ4n) is 2.45. The standard InChI is InChI=1S/C16H16BrNOS/c17-16-6-5-15(20-16)11-18-9-7-13(8-10-18)12-1-3-14(19)4-2-12/h1-7,19H,8-11H2. The van der Waals surface area contributed by atoms with Crippen molar-refractivity contribution in [3.8, 4) is 5.75 Å². The molecule has 2 nitrogen and oxygen atoms in total. The number of hydrogen-bond acceptors (Lipinski definition) is 3. The first-order chi connectivity index (χ1) is 9.70. The Kier molecular flexibility index (Phi) is 4.24. The molecule has 0 bridgehead atoms. The Labute approximate surface area is 131 Å². The van der Waals surface area contributed by atoms with E-state index in [9.17, 15) is 5.11 Å². The molecule has 1 aliphatic rings. The van der Waals surface area contributed by atoms with Gasteiger partial charge in [-0.1, -0.05) is 18.2 Å². The second-order valence-corrected chi connectivity index (χ2v) is 7.51. The Balaban J connectivity index is 1.64. The van der Waals surface area contributed by atoms with E-state index < -0.39 is 0 Å². The fourth-order valence-corrected chi connectivity index (χ4v) is 3.98. The molecule has 3 rings (SSSR count). The maximum atomic E-state index is 9.33. The molecule has 2 aromatic rings. The maximum Gasteiger partial charge on any atom is 0.115 e. The minimum Gasteiger partial charge on any atom is -0.508 e. The first kappa shape index (κ1) is 13.9. The number of phenolic OH excluding ortho intramolecular Hbond substituents is 1. The van der Waals surface area contributed by atoms with E-state index >= 15 is 0 Å². The zero-order valence-corrected chi connectivity index (χ0v) is 13.5. The van der Waals surface area contributed by atoms with Gasteiger partial charge in [-0.2, -0.15) is 0 Å². The number of phenols is 1. The minimum absolute atomic E-state index is 0.329. The van der Waals surface area contributed by atoms with Crippen molar-refractivity contribution in [3.05, 3.63) is 56.7 Å². The first-order valence-corrected chi connectivity index (χ1v) is 8.27. The lowest BCUT2D eigenvalue weighted by Crippen LogP contribution is -2.27. The monoisotopic (exact) mass is 349 g/mol. The molecule has 0 amide bonds. The molecule has 0 radical (unpaired) electrons. The van der Waals surface area contributed by atoms with Crippen molar-refractivity contribution in [1.29, 1.82) is 0 Å². The van der Waals surface area contributed by atoms with Crippen molar-refractivity contribution < 1.29 is 5.11 Å². The molecule has 0 fully saturated rings. The number of nitrogens with zero attached hydrogens (tertiary/aromatic N) is 1. The molecule has 0 saturated carbocycles. The van der Waals surface area contributed by atoms with Gasteiger partial charge in [0.05, 0.1) is 3.79 Å². The molecule has 104 valence electrons. The molecule has 1 aliphatic heterocycles.